The molecule has 5 heteroatoms. The molecule has 1 heterocycles. The molecule has 0 radical (unpaired) electrons. The van der Waals surface area contributed by atoms with Crippen molar-refractivity contribution < 1.29 is 9.84 Å². The first-order valence-corrected chi connectivity index (χ1v) is 7.90. The zero-order chi connectivity index (χ0) is 16.4. The number of hydrogen-bond acceptors (Lipinski definition) is 4. The average Bonchev–Trinajstić information content (AvgIpc) is 2.73. The zero-order valence-electron chi connectivity index (χ0n) is 13.1. The molecule has 1 aliphatic rings. The first-order valence-electron chi connectivity index (χ1n) is 7.52. The number of halogens is 1. The standard InChI is InChI=1S/C18H19ClN2O2/c1-3-11-8-14-15(9-17(11)23-2)21-18(16(22)10-20-14)12-4-6-13(19)7-5-12/h4-9,20-22H,3,10H2,1-2H3. The van der Waals surface area contributed by atoms with Crippen LogP contribution < -0.4 is 15.4 Å². The van der Waals surface area contributed by atoms with Gasteiger partial charge in [0.05, 0.1) is 30.7 Å². The van der Waals surface area contributed by atoms with Crippen LogP contribution in [0.25, 0.3) is 5.70 Å². The van der Waals surface area contributed by atoms with Gasteiger partial charge >= 0.3 is 0 Å². The molecular weight excluding hydrogens is 312 g/mol. The van der Waals surface area contributed by atoms with Crippen molar-refractivity contribution in [1.82, 2.24) is 0 Å². The van der Waals surface area contributed by atoms with E-state index >= 15 is 0 Å². The van der Waals surface area contributed by atoms with Crippen LogP contribution in [0.4, 0.5) is 11.4 Å². The summed E-state index contributed by atoms with van der Waals surface area (Å²) in [6.07, 6.45) is 0.877. The van der Waals surface area contributed by atoms with Crippen molar-refractivity contribution in [3.8, 4) is 5.75 Å². The Morgan fingerprint density at radius 3 is 2.57 bits per heavy atom. The lowest BCUT2D eigenvalue weighted by Crippen LogP contribution is -2.05. The number of hydrogen-bond donors (Lipinski definition) is 3. The van der Waals surface area contributed by atoms with E-state index in [-0.39, 0.29) is 5.76 Å². The molecule has 2 aromatic carbocycles. The molecule has 23 heavy (non-hydrogen) atoms. The summed E-state index contributed by atoms with van der Waals surface area (Å²) < 4.78 is 5.46. The van der Waals surface area contributed by atoms with Gasteiger partial charge in [0.15, 0.2) is 0 Å². The van der Waals surface area contributed by atoms with Crippen molar-refractivity contribution in [1.29, 1.82) is 0 Å². The molecule has 0 amide bonds. The highest BCUT2D eigenvalue weighted by Crippen LogP contribution is 2.36. The van der Waals surface area contributed by atoms with E-state index in [0.29, 0.717) is 17.3 Å². The molecule has 1 aliphatic heterocycles. The lowest BCUT2D eigenvalue weighted by atomic mass is 10.1. The van der Waals surface area contributed by atoms with Crippen LogP contribution in [0.5, 0.6) is 5.75 Å². The monoisotopic (exact) mass is 330 g/mol. The predicted octanol–water partition coefficient (Wildman–Crippen LogP) is 4.68. The molecule has 2 aromatic rings. The number of anilines is 2. The number of fused-ring (bicyclic) bond motifs is 1. The average molecular weight is 331 g/mol. The smallest absolute Gasteiger partial charge is 0.135 e. The third-order valence-corrected chi connectivity index (χ3v) is 4.18. The van der Waals surface area contributed by atoms with Gasteiger partial charge in [0, 0.05) is 16.7 Å². The molecule has 120 valence electrons. The highest BCUT2D eigenvalue weighted by atomic mass is 35.5. The fraction of sp³-hybridized carbons (Fsp3) is 0.222. The summed E-state index contributed by atoms with van der Waals surface area (Å²) in [5.74, 6) is 1.08. The van der Waals surface area contributed by atoms with Gasteiger partial charge in [-0.15, -0.1) is 0 Å². The molecule has 0 atom stereocenters. The molecule has 0 unspecified atom stereocenters. The lowest BCUT2D eigenvalue weighted by Gasteiger charge is -2.16. The third-order valence-electron chi connectivity index (χ3n) is 3.93. The SMILES string of the molecule is CCc1cc2c(cc1OC)NC(c1ccc(Cl)cc1)=C(O)CN2. The van der Waals surface area contributed by atoms with Gasteiger partial charge in [-0.3, -0.25) is 0 Å². The van der Waals surface area contributed by atoms with E-state index in [1.54, 1.807) is 19.2 Å². The van der Waals surface area contributed by atoms with Gasteiger partial charge in [-0.25, -0.2) is 0 Å². The van der Waals surface area contributed by atoms with E-state index in [0.717, 1.165) is 34.7 Å². The maximum atomic E-state index is 10.4. The molecule has 0 fully saturated rings. The maximum absolute atomic E-state index is 10.4. The molecule has 0 aliphatic carbocycles. The van der Waals surface area contributed by atoms with E-state index in [4.69, 9.17) is 16.3 Å². The molecule has 0 aromatic heterocycles. The summed E-state index contributed by atoms with van der Waals surface area (Å²) in [5, 5.41) is 17.6. The Balaban J connectivity index is 2.03. The van der Waals surface area contributed by atoms with Crippen LogP contribution in [0.3, 0.4) is 0 Å². The van der Waals surface area contributed by atoms with Crippen molar-refractivity contribution in [2.75, 3.05) is 24.3 Å². The number of benzene rings is 2. The zero-order valence-corrected chi connectivity index (χ0v) is 13.9. The van der Waals surface area contributed by atoms with E-state index in [9.17, 15) is 5.11 Å². The summed E-state index contributed by atoms with van der Waals surface area (Å²) in [6, 6.07) is 11.4. The first kappa shape index (κ1) is 15.6. The lowest BCUT2D eigenvalue weighted by molar-refractivity contribution is 0.410. The van der Waals surface area contributed by atoms with Gasteiger partial charge in [-0.05, 0) is 30.2 Å². The highest BCUT2D eigenvalue weighted by Gasteiger charge is 2.18. The second-order valence-electron chi connectivity index (χ2n) is 5.37. The Morgan fingerprint density at radius 1 is 1.17 bits per heavy atom. The molecule has 4 nitrogen and oxygen atoms in total. The Morgan fingerprint density at radius 2 is 1.91 bits per heavy atom. The van der Waals surface area contributed by atoms with Gasteiger partial charge in [0.2, 0.25) is 0 Å². The highest BCUT2D eigenvalue weighted by molar-refractivity contribution is 6.30. The van der Waals surface area contributed by atoms with Crippen LogP contribution in [-0.4, -0.2) is 18.8 Å². The molecule has 0 spiro atoms. The summed E-state index contributed by atoms with van der Waals surface area (Å²) >= 11 is 5.95. The van der Waals surface area contributed by atoms with E-state index in [1.165, 1.54) is 0 Å². The van der Waals surface area contributed by atoms with Crippen LogP contribution in [0.1, 0.15) is 18.1 Å². The number of methoxy groups -OCH3 is 1. The third kappa shape index (κ3) is 3.08. The van der Waals surface area contributed by atoms with E-state index in [2.05, 4.69) is 23.6 Å². The van der Waals surface area contributed by atoms with E-state index < -0.39 is 0 Å². The maximum Gasteiger partial charge on any atom is 0.135 e. The summed E-state index contributed by atoms with van der Waals surface area (Å²) in [7, 11) is 1.67. The molecule has 3 rings (SSSR count). The second kappa shape index (κ2) is 6.42. The molecular formula is C18H19ClN2O2. The van der Waals surface area contributed by atoms with Crippen molar-refractivity contribution in [3.05, 3.63) is 58.3 Å². The molecule has 0 saturated heterocycles. The van der Waals surface area contributed by atoms with Crippen molar-refractivity contribution in [3.63, 3.8) is 0 Å². The minimum absolute atomic E-state index is 0.250. The van der Waals surface area contributed by atoms with Gasteiger partial charge < -0.3 is 20.5 Å². The number of aryl methyl sites for hydroxylation is 1. The summed E-state index contributed by atoms with van der Waals surface area (Å²) in [6.45, 7) is 2.44. The fourth-order valence-electron chi connectivity index (χ4n) is 2.67. The van der Waals surface area contributed by atoms with Gasteiger partial charge in [0.1, 0.15) is 11.5 Å². The first-order chi connectivity index (χ1) is 11.1. The van der Waals surface area contributed by atoms with Crippen LogP contribution >= 0.6 is 11.6 Å². The second-order valence-corrected chi connectivity index (χ2v) is 5.81. The molecule has 0 bridgehead atoms. The minimum Gasteiger partial charge on any atom is -0.508 e. The molecule has 3 N–H and O–H groups in total. The van der Waals surface area contributed by atoms with Crippen molar-refractivity contribution in [2.45, 2.75) is 13.3 Å². The Bertz CT molecular complexity index is 754. The Kier molecular flexibility index (Phi) is 4.35. The minimum atomic E-state index is 0.250. The van der Waals surface area contributed by atoms with Gasteiger partial charge in [-0.2, -0.15) is 0 Å². The molecule has 0 saturated carbocycles. The Labute approximate surface area is 140 Å². The number of nitrogens with one attached hydrogen (secondary N) is 2. The summed E-state index contributed by atoms with van der Waals surface area (Å²) in [4.78, 5) is 0. The topological polar surface area (TPSA) is 53.5 Å². The fourth-order valence-corrected chi connectivity index (χ4v) is 2.80. The van der Waals surface area contributed by atoms with E-state index in [1.807, 2.05) is 18.2 Å². The largest absolute Gasteiger partial charge is 0.508 e. The number of ether oxygens (including phenoxy) is 1. The van der Waals surface area contributed by atoms with Crippen molar-refractivity contribution in [2.24, 2.45) is 0 Å². The van der Waals surface area contributed by atoms with Crippen molar-refractivity contribution >= 4 is 28.7 Å². The summed E-state index contributed by atoms with van der Waals surface area (Å²) in [5.41, 5.74) is 4.47. The number of aliphatic hydroxyl groups excluding tert-OH is 1. The van der Waals surface area contributed by atoms with Crippen LogP contribution in [0.2, 0.25) is 5.02 Å². The van der Waals surface area contributed by atoms with Crippen LogP contribution in [0, 0.1) is 0 Å². The quantitative estimate of drug-likeness (QED) is 0.765. The number of aliphatic hydroxyl groups is 1. The Hall–Kier alpha value is -2.33. The normalized spacial score (nSPS) is 13.7. The number of rotatable bonds is 3. The van der Waals surface area contributed by atoms with Crippen LogP contribution in [0.15, 0.2) is 42.2 Å². The predicted molar refractivity (Wildman–Crippen MR) is 95.5 cm³/mol. The van der Waals surface area contributed by atoms with Gasteiger partial charge in [0.25, 0.3) is 0 Å². The van der Waals surface area contributed by atoms with Gasteiger partial charge in [-0.1, -0.05) is 30.7 Å². The van der Waals surface area contributed by atoms with Crippen LogP contribution in [-0.2, 0) is 6.42 Å².